The summed E-state index contributed by atoms with van der Waals surface area (Å²) in [6.07, 6.45) is 6.54. The maximum atomic E-state index is 5.55. The van der Waals surface area contributed by atoms with E-state index in [1.54, 1.807) is 0 Å². The molecule has 0 bridgehead atoms. The van der Waals surface area contributed by atoms with Crippen LogP contribution in [0.5, 0.6) is 0 Å². The second-order valence-corrected chi connectivity index (χ2v) is 6.76. The van der Waals surface area contributed by atoms with Crippen LogP contribution in [-0.4, -0.2) is 52.3 Å². The molecule has 2 aromatic rings. The lowest BCUT2D eigenvalue weighted by Crippen LogP contribution is -2.37. The van der Waals surface area contributed by atoms with E-state index in [1.165, 1.54) is 25.2 Å². The fourth-order valence-electron chi connectivity index (χ4n) is 4.08. The van der Waals surface area contributed by atoms with Crippen LogP contribution in [0.4, 0.5) is 0 Å². The van der Waals surface area contributed by atoms with Gasteiger partial charge < -0.3 is 14.2 Å². The Morgan fingerprint density at radius 3 is 2.96 bits per heavy atom. The normalized spacial score (nSPS) is 24.3. The number of likely N-dealkylation sites (N-methyl/N-ethyl adjacent to an activating group) is 1. The minimum atomic E-state index is 0.501. The molecule has 124 valence electrons. The highest BCUT2D eigenvalue weighted by Crippen LogP contribution is 2.33. The van der Waals surface area contributed by atoms with E-state index in [-0.39, 0.29) is 0 Å². The van der Waals surface area contributed by atoms with E-state index < -0.39 is 0 Å². The number of hydrogen-bond donors (Lipinski definition) is 0. The van der Waals surface area contributed by atoms with Crippen molar-refractivity contribution in [2.45, 2.75) is 44.6 Å². The maximum absolute atomic E-state index is 5.55. The summed E-state index contributed by atoms with van der Waals surface area (Å²) in [6, 6.07) is 4.59. The Kier molecular flexibility index (Phi) is 4.31. The summed E-state index contributed by atoms with van der Waals surface area (Å²) in [6.45, 7) is 7.43. The van der Waals surface area contributed by atoms with Crippen LogP contribution in [0.2, 0.25) is 0 Å². The zero-order chi connectivity index (χ0) is 15.6. The molecule has 2 aliphatic rings. The minimum absolute atomic E-state index is 0.501. The molecule has 2 aliphatic heterocycles. The highest BCUT2D eigenvalue weighted by Gasteiger charge is 2.29. The van der Waals surface area contributed by atoms with Gasteiger partial charge in [0.05, 0.1) is 0 Å². The lowest BCUT2D eigenvalue weighted by atomic mass is 9.98. The number of aromatic nitrogens is 3. The van der Waals surface area contributed by atoms with Gasteiger partial charge in [-0.05, 0) is 50.9 Å². The maximum Gasteiger partial charge on any atom is 0.160 e. The van der Waals surface area contributed by atoms with Gasteiger partial charge in [-0.3, -0.25) is 0 Å². The summed E-state index contributed by atoms with van der Waals surface area (Å²) >= 11 is 0. The first kappa shape index (κ1) is 15.1. The minimum Gasteiger partial charge on any atom is -0.381 e. The van der Waals surface area contributed by atoms with Crippen molar-refractivity contribution in [3.8, 4) is 0 Å². The van der Waals surface area contributed by atoms with E-state index in [0.29, 0.717) is 12.0 Å². The Balaban J connectivity index is 1.76. The first-order valence-corrected chi connectivity index (χ1v) is 8.99. The van der Waals surface area contributed by atoms with E-state index >= 15 is 0 Å². The molecular formula is C18H26N4O. The highest BCUT2D eigenvalue weighted by molar-refractivity contribution is 5.71. The van der Waals surface area contributed by atoms with Crippen LogP contribution in [0.1, 0.15) is 50.4 Å². The zero-order valence-corrected chi connectivity index (χ0v) is 13.9. The second-order valence-electron chi connectivity index (χ2n) is 6.76. The van der Waals surface area contributed by atoms with Gasteiger partial charge in [-0.2, -0.15) is 0 Å². The molecule has 0 N–H and O–H groups in total. The van der Waals surface area contributed by atoms with Crippen molar-refractivity contribution in [3.05, 3.63) is 24.2 Å². The zero-order valence-electron chi connectivity index (χ0n) is 13.9. The van der Waals surface area contributed by atoms with Gasteiger partial charge in [0, 0.05) is 37.9 Å². The Labute approximate surface area is 137 Å². The molecule has 1 unspecified atom stereocenters. The molecule has 0 spiro atoms. The fraction of sp³-hybridized carbons (Fsp3) is 0.667. The van der Waals surface area contributed by atoms with Crippen molar-refractivity contribution in [2.75, 3.05) is 32.8 Å². The van der Waals surface area contributed by atoms with Crippen LogP contribution in [0.25, 0.3) is 11.2 Å². The Hall–Kier alpha value is -1.46. The smallest absolute Gasteiger partial charge is 0.160 e. The van der Waals surface area contributed by atoms with Gasteiger partial charge in [-0.15, -0.1) is 0 Å². The van der Waals surface area contributed by atoms with Crippen molar-refractivity contribution in [3.63, 3.8) is 0 Å². The van der Waals surface area contributed by atoms with Gasteiger partial charge in [0.15, 0.2) is 5.65 Å². The summed E-state index contributed by atoms with van der Waals surface area (Å²) in [5.74, 6) is 1.75. The SMILES string of the molecule is CCN1CCCC(n2c(C3CCOCC3)nc3cccnc32)C1. The molecule has 2 fully saturated rings. The third kappa shape index (κ3) is 2.88. The number of hydrogen-bond acceptors (Lipinski definition) is 4. The van der Waals surface area contributed by atoms with Gasteiger partial charge in [0.1, 0.15) is 11.3 Å². The van der Waals surface area contributed by atoms with Gasteiger partial charge in [-0.1, -0.05) is 6.92 Å². The molecule has 4 rings (SSSR count). The third-order valence-corrected chi connectivity index (χ3v) is 5.36. The quantitative estimate of drug-likeness (QED) is 0.873. The van der Waals surface area contributed by atoms with E-state index in [1.807, 2.05) is 12.3 Å². The Bertz CT molecular complexity index is 662. The van der Waals surface area contributed by atoms with Gasteiger partial charge in [0.2, 0.25) is 0 Å². The number of fused-ring (bicyclic) bond motifs is 1. The number of ether oxygens (including phenoxy) is 1. The Morgan fingerprint density at radius 2 is 2.13 bits per heavy atom. The lowest BCUT2D eigenvalue weighted by molar-refractivity contribution is 0.0817. The summed E-state index contributed by atoms with van der Waals surface area (Å²) in [7, 11) is 0. The topological polar surface area (TPSA) is 43.2 Å². The summed E-state index contributed by atoms with van der Waals surface area (Å²) in [5.41, 5.74) is 2.11. The average molecular weight is 314 g/mol. The number of piperidine rings is 1. The van der Waals surface area contributed by atoms with Gasteiger partial charge >= 0.3 is 0 Å². The van der Waals surface area contributed by atoms with Crippen LogP contribution >= 0.6 is 0 Å². The number of pyridine rings is 1. The molecule has 23 heavy (non-hydrogen) atoms. The first-order valence-electron chi connectivity index (χ1n) is 8.99. The van der Waals surface area contributed by atoms with Crippen LogP contribution in [0, 0.1) is 0 Å². The van der Waals surface area contributed by atoms with Crippen LogP contribution in [0.15, 0.2) is 18.3 Å². The van der Waals surface area contributed by atoms with Gasteiger partial charge in [-0.25, -0.2) is 9.97 Å². The highest BCUT2D eigenvalue weighted by atomic mass is 16.5. The molecule has 4 heterocycles. The molecule has 5 nitrogen and oxygen atoms in total. The molecule has 2 aromatic heterocycles. The first-order chi connectivity index (χ1) is 11.4. The number of likely N-dealkylation sites (tertiary alicyclic amines) is 1. The largest absolute Gasteiger partial charge is 0.381 e. The number of rotatable bonds is 3. The fourth-order valence-corrected chi connectivity index (χ4v) is 4.08. The summed E-state index contributed by atoms with van der Waals surface area (Å²) in [5, 5.41) is 0. The molecule has 5 heteroatoms. The predicted molar refractivity (Wildman–Crippen MR) is 90.7 cm³/mol. The molecule has 0 radical (unpaired) electrons. The van der Waals surface area contributed by atoms with E-state index in [2.05, 4.69) is 27.4 Å². The average Bonchev–Trinajstić information content (AvgIpc) is 3.02. The van der Waals surface area contributed by atoms with E-state index in [4.69, 9.17) is 9.72 Å². The van der Waals surface area contributed by atoms with E-state index in [9.17, 15) is 0 Å². The van der Waals surface area contributed by atoms with Crippen LogP contribution in [-0.2, 0) is 4.74 Å². The standard InChI is InChI=1S/C18H26N4O/c1-2-21-10-4-5-15(13-21)22-17(14-7-11-23-12-8-14)20-16-6-3-9-19-18(16)22/h3,6,9,14-15H,2,4-5,7-8,10-13H2,1H3. The van der Waals surface area contributed by atoms with Crippen molar-refractivity contribution in [1.29, 1.82) is 0 Å². The van der Waals surface area contributed by atoms with E-state index in [0.717, 1.165) is 50.3 Å². The van der Waals surface area contributed by atoms with Gasteiger partial charge in [0.25, 0.3) is 0 Å². The molecule has 0 amide bonds. The van der Waals surface area contributed by atoms with Crippen LogP contribution in [0.3, 0.4) is 0 Å². The van der Waals surface area contributed by atoms with Crippen LogP contribution < -0.4 is 0 Å². The summed E-state index contributed by atoms with van der Waals surface area (Å²) in [4.78, 5) is 12.2. The Morgan fingerprint density at radius 1 is 1.26 bits per heavy atom. The summed E-state index contributed by atoms with van der Waals surface area (Å²) < 4.78 is 8.02. The van der Waals surface area contributed by atoms with Crippen molar-refractivity contribution < 1.29 is 4.74 Å². The molecule has 1 atom stereocenters. The number of nitrogens with zero attached hydrogens (tertiary/aromatic N) is 4. The van der Waals surface area contributed by atoms with Crippen molar-refractivity contribution in [1.82, 2.24) is 19.4 Å². The predicted octanol–water partition coefficient (Wildman–Crippen LogP) is 2.98. The molecule has 0 saturated carbocycles. The number of imidazole rings is 1. The molecule has 0 aliphatic carbocycles. The molecule has 0 aromatic carbocycles. The monoisotopic (exact) mass is 314 g/mol. The van der Waals surface area contributed by atoms with Crippen molar-refractivity contribution in [2.24, 2.45) is 0 Å². The third-order valence-electron chi connectivity index (χ3n) is 5.36. The van der Waals surface area contributed by atoms with Crippen molar-refractivity contribution >= 4 is 11.2 Å². The second kappa shape index (κ2) is 6.57. The molecule has 2 saturated heterocycles. The lowest BCUT2D eigenvalue weighted by Gasteiger charge is -2.34. The molecular weight excluding hydrogens is 288 g/mol.